The number of nitrogens with one attached hydrogen (secondary N) is 1. The van der Waals surface area contributed by atoms with Gasteiger partial charge in [-0.3, -0.25) is 4.79 Å². The number of morpholine rings is 1. The molecule has 1 fully saturated rings. The predicted octanol–water partition coefficient (Wildman–Crippen LogP) is 3.59. The Morgan fingerprint density at radius 1 is 1.50 bits per heavy atom. The molecule has 1 N–H and O–H groups in total. The molecule has 1 atom stereocenters. The largest absolute Gasteiger partial charge is 0.491 e. The number of hydrogen-bond donors (Lipinski definition) is 1. The van der Waals surface area contributed by atoms with Crippen molar-refractivity contribution >= 4 is 34.7 Å². The second-order valence-electron chi connectivity index (χ2n) is 7.85. The van der Waals surface area contributed by atoms with Crippen molar-refractivity contribution in [1.29, 1.82) is 0 Å². The number of methoxy groups -OCH3 is 1. The van der Waals surface area contributed by atoms with E-state index in [-0.39, 0.29) is 11.9 Å². The van der Waals surface area contributed by atoms with Crippen LogP contribution in [-0.2, 0) is 11.3 Å². The van der Waals surface area contributed by atoms with E-state index in [2.05, 4.69) is 10.4 Å². The average Bonchev–Trinajstić information content (AvgIpc) is 3.24. The molecular formula is C19H27ClN4O3S. The van der Waals surface area contributed by atoms with Crippen LogP contribution in [0, 0.1) is 5.41 Å². The lowest BCUT2D eigenvalue weighted by Gasteiger charge is -2.24. The van der Waals surface area contributed by atoms with Gasteiger partial charge in [0, 0.05) is 23.9 Å². The Morgan fingerprint density at radius 2 is 2.25 bits per heavy atom. The summed E-state index contributed by atoms with van der Waals surface area (Å²) in [7, 11) is 3.53. The Morgan fingerprint density at radius 3 is 2.79 bits per heavy atom. The summed E-state index contributed by atoms with van der Waals surface area (Å²) in [5.74, 6) is 1.12. The SMILES string of the molecule is COc1c(C2COCCN2)nn(C(=O)C(C)(C)C)c1N(C)Cc1ccc(Cl)s1. The minimum absolute atomic E-state index is 0.0974. The minimum atomic E-state index is -0.591. The molecule has 1 aliphatic rings. The molecule has 0 radical (unpaired) electrons. The zero-order valence-corrected chi connectivity index (χ0v) is 18.5. The molecule has 1 saturated heterocycles. The van der Waals surface area contributed by atoms with Crippen LogP contribution < -0.4 is 15.0 Å². The summed E-state index contributed by atoms with van der Waals surface area (Å²) in [6.07, 6.45) is 0. The minimum Gasteiger partial charge on any atom is -0.491 e. The zero-order valence-electron chi connectivity index (χ0n) is 16.9. The van der Waals surface area contributed by atoms with Crippen LogP contribution in [0.25, 0.3) is 0 Å². The third-order valence-corrected chi connectivity index (χ3v) is 5.73. The molecule has 7 nitrogen and oxygen atoms in total. The number of anilines is 1. The van der Waals surface area contributed by atoms with Gasteiger partial charge in [0.1, 0.15) is 5.69 Å². The van der Waals surface area contributed by atoms with E-state index in [0.29, 0.717) is 37.0 Å². The number of carbonyl (C=O) groups is 1. The molecule has 2 aromatic heterocycles. The maximum atomic E-state index is 13.2. The van der Waals surface area contributed by atoms with Crippen molar-refractivity contribution in [2.24, 2.45) is 5.41 Å². The molecule has 0 aliphatic carbocycles. The van der Waals surface area contributed by atoms with E-state index in [0.717, 1.165) is 15.8 Å². The van der Waals surface area contributed by atoms with Gasteiger partial charge in [0.2, 0.25) is 0 Å². The third-order valence-electron chi connectivity index (χ3n) is 4.52. The van der Waals surface area contributed by atoms with Crippen LogP contribution in [0.3, 0.4) is 0 Å². The average molecular weight is 427 g/mol. The highest BCUT2D eigenvalue weighted by molar-refractivity contribution is 7.16. The fourth-order valence-corrected chi connectivity index (χ4v) is 4.26. The number of aromatic nitrogens is 2. The number of nitrogens with zero attached hydrogens (tertiary/aromatic N) is 3. The van der Waals surface area contributed by atoms with Gasteiger partial charge in [-0.1, -0.05) is 32.4 Å². The van der Waals surface area contributed by atoms with E-state index < -0.39 is 5.41 Å². The van der Waals surface area contributed by atoms with Gasteiger partial charge in [-0.2, -0.15) is 9.78 Å². The molecule has 0 saturated carbocycles. The first-order valence-corrected chi connectivity index (χ1v) is 10.4. The van der Waals surface area contributed by atoms with Gasteiger partial charge in [-0.25, -0.2) is 0 Å². The van der Waals surface area contributed by atoms with E-state index in [9.17, 15) is 4.79 Å². The van der Waals surface area contributed by atoms with E-state index in [4.69, 9.17) is 21.1 Å². The number of thiophene rings is 1. The lowest BCUT2D eigenvalue weighted by molar-refractivity contribution is 0.0716. The summed E-state index contributed by atoms with van der Waals surface area (Å²) < 4.78 is 13.5. The number of rotatable bonds is 5. The number of hydrogen-bond acceptors (Lipinski definition) is 7. The van der Waals surface area contributed by atoms with E-state index in [1.54, 1.807) is 7.11 Å². The fraction of sp³-hybridized carbons (Fsp3) is 0.579. The monoisotopic (exact) mass is 426 g/mol. The van der Waals surface area contributed by atoms with Crippen LogP contribution in [0.2, 0.25) is 4.34 Å². The first-order chi connectivity index (χ1) is 13.2. The van der Waals surface area contributed by atoms with Crippen molar-refractivity contribution in [3.8, 4) is 5.75 Å². The summed E-state index contributed by atoms with van der Waals surface area (Å²) in [5.41, 5.74) is 0.0953. The topological polar surface area (TPSA) is 68.6 Å². The molecule has 0 amide bonds. The van der Waals surface area contributed by atoms with Crippen molar-refractivity contribution in [2.75, 3.05) is 38.8 Å². The number of ether oxygens (including phenoxy) is 2. The van der Waals surface area contributed by atoms with Gasteiger partial charge in [0.05, 0.1) is 37.2 Å². The van der Waals surface area contributed by atoms with Gasteiger partial charge in [-0.05, 0) is 12.1 Å². The summed E-state index contributed by atoms with van der Waals surface area (Å²) in [6.45, 7) is 8.11. The lowest BCUT2D eigenvalue weighted by Crippen LogP contribution is -2.35. The van der Waals surface area contributed by atoms with E-state index >= 15 is 0 Å². The Hall–Kier alpha value is -1.61. The second kappa shape index (κ2) is 8.41. The van der Waals surface area contributed by atoms with Gasteiger partial charge in [-0.15, -0.1) is 11.3 Å². The van der Waals surface area contributed by atoms with Gasteiger partial charge < -0.3 is 19.7 Å². The molecule has 1 unspecified atom stereocenters. The molecule has 1 aliphatic heterocycles. The molecule has 28 heavy (non-hydrogen) atoms. The van der Waals surface area contributed by atoms with Crippen molar-refractivity contribution in [3.05, 3.63) is 27.0 Å². The van der Waals surface area contributed by atoms with Crippen LogP contribution in [0.1, 0.15) is 42.2 Å². The highest BCUT2D eigenvalue weighted by atomic mass is 35.5. The second-order valence-corrected chi connectivity index (χ2v) is 9.65. The van der Waals surface area contributed by atoms with Gasteiger partial charge >= 0.3 is 0 Å². The smallest absolute Gasteiger partial charge is 0.254 e. The molecule has 0 aromatic carbocycles. The van der Waals surface area contributed by atoms with E-state index in [1.807, 2.05) is 44.9 Å². The maximum Gasteiger partial charge on any atom is 0.254 e. The number of halogens is 1. The fourth-order valence-electron chi connectivity index (χ4n) is 3.12. The standard InChI is InChI=1S/C19H27ClN4O3S/c1-19(2,3)18(25)24-17(23(4)10-12-6-7-14(20)28-12)16(26-5)15(22-24)13-11-27-9-8-21-13/h6-7,13,21H,8-11H2,1-5H3. The van der Waals surface area contributed by atoms with Crippen molar-refractivity contribution in [2.45, 2.75) is 33.4 Å². The molecule has 3 rings (SSSR count). The highest BCUT2D eigenvalue weighted by Crippen LogP contribution is 2.38. The first-order valence-electron chi connectivity index (χ1n) is 9.20. The molecule has 0 spiro atoms. The molecule has 154 valence electrons. The lowest BCUT2D eigenvalue weighted by atomic mass is 9.96. The van der Waals surface area contributed by atoms with E-state index in [1.165, 1.54) is 16.0 Å². The summed E-state index contributed by atoms with van der Waals surface area (Å²) in [5, 5.41) is 8.07. The summed E-state index contributed by atoms with van der Waals surface area (Å²) >= 11 is 7.59. The van der Waals surface area contributed by atoms with Crippen molar-refractivity contribution in [1.82, 2.24) is 15.1 Å². The van der Waals surface area contributed by atoms with Gasteiger partial charge in [0.25, 0.3) is 5.91 Å². The molecule has 3 heterocycles. The van der Waals surface area contributed by atoms with Crippen LogP contribution in [0.5, 0.6) is 5.75 Å². The van der Waals surface area contributed by atoms with Crippen LogP contribution in [0.4, 0.5) is 5.82 Å². The summed E-state index contributed by atoms with van der Waals surface area (Å²) in [6, 6.07) is 3.74. The molecular weight excluding hydrogens is 400 g/mol. The Labute approximate surface area is 174 Å². The maximum absolute atomic E-state index is 13.2. The molecule has 0 bridgehead atoms. The normalized spacial score (nSPS) is 17.6. The van der Waals surface area contributed by atoms with Crippen LogP contribution in [-0.4, -0.2) is 49.6 Å². The zero-order chi connectivity index (χ0) is 20.5. The Kier molecular flexibility index (Phi) is 6.34. The van der Waals surface area contributed by atoms with Crippen molar-refractivity contribution in [3.63, 3.8) is 0 Å². The first kappa shape index (κ1) is 21.1. The quantitative estimate of drug-likeness (QED) is 0.787. The third kappa shape index (κ3) is 4.35. The highest BCUT2D eigenvalue weighted by Gasteiger charge is 2.34. The number of carbonyl (C=O) groups excluding carboxylic acids is 1. The van der Waals surface area contributed by atoms with Crippen LogP contribution >= 0.6 is 22.9 Å². The predicted molar refractivity (Wildman–Crippen MR) is 112 cm³/mol. The summed E-state index contributed by atoms with van der Waals surface area (Å²) in [4.78, 5) is 16.2. The molecule has 9 heteroatoms. The Balaban J connectivity index is 2.05. The van der Waals surface area contributed by atoms with Crippen LogP contribution in [0.15, 0.2) is 12.1 Å². The van der Waals surface area contributed by atoms with Gasteiger partial charge in [0.15, 0.2) is 11.6 Å². The molecule has 2 aromatic rings. The Bertz CT molecular complexity index is 837. The van der Waals surface area contributed by atoms with Crippen molar-refractivity contribution < 1.29 is 14.3 Å².